The van der Waals surface area contributed by atoms with Crippen molar-refractivity contribution < 1.29 is 4.74 Å². The van der Waals surface area contributed by atoms with Crippen molar-refractivity contribution in [1.29, 1.82) is 0 Å². The molecule has 1 aromatic heterocycles. The minimum atomic E-state index is 0.728. The molecule has 0 aliphatic heterocycles. The molecule has 100 valence electrons. The van der Waals surface area contributed by atoms with E-state index in [0.29, 0.717) is 0 Å². The third kappa shape index (κ3) is 2.23. The molecule has 4 heteroatoms. The number of nitrogens with one attached hydrogen (secondary N) is 1. The van der Waals surface area contributed by atoms with Gasteiger partial charge in [-0.15, -0.1) is 0 Å². The number of rotatable bonds is 3. The van der Waals surface area contributed by atoms with Crippen molar-refractivity contribution in [3.63, 3.8) is 0 Å². The van der Waals surface area contributed by atoms with Gasteiger partial charge in [-0.2, -0.15) is 0 Å². The van der Waals surface area contributed by atoms with E-state index < -0.39 is 0 Å². The fourth-order valence-electron chi connectivity index (χ4n) is 2.19. The number of para-hydroxylation sites is 1. The number of anilines is 3. The number of ether oxygens (including phenoxy) is 1. The van der Waals surface area contributed by atoms with Crippen LogP contribution in [0.25, 0.3) is 10.9 Å². The van der Waals surface area contributed by atoms with E-state index in [-0.39, 0.29) is 0 Å². The maximum absolute atomic E-state index is 5.80. The first-order valence-electron chi connectivity index (χ1n) is 6.32. The van der Waals surface area contributed by atoms with Crippen molar-refractivity contribution in [2.45, 2.75) is 0 Å². The molecule has 20 heavy (non-hydrogen) atoms. The Kier molecular flexibility index (Phi) is 3.13. The molecule has 0 aliphatic rings. The fourth-order valence-corrected chi connectivity index (χ4v) is 2.19. The lowest BCUT2D eigenvalue weighted by Crippen LogP contribution is -1.95. The van der Waals surface area contributed by atoms with E-state index in [1.807, 2.05) is 48.5 Å². The van der Waals surface area contributed by atoms with Crippen molar-refractivity contribution in [2.24, 2.45) is 0 Å². The highest BCUT2D eigenvalue weighted by molar-refractivity contribution is 5.96. The number of benzene rings is 2. The van der Waals surface area contributed by atoms with Crippen LogP contribution in [0.4, 0.5) is 17.1 Å². The van der Waals surface area contributed by atoms with Crippen molar-refractivity contribution in [2.75, 3.05) is 18.2 Å². The van der Waals surface area contributed by atoms with Crippen LogP contribution in [0.5, 0.6) is 5.75 Å². The molecule has 4 nitrogen and oxygen atoms in total. The second-order valence-corrected chi connectivity index (χ2v) is 4.47. The molecule has 0 unspecified atom stereocenters. The highest BCUT2D eigenvalue weighted by atomic mass is 16.5. The molecule has 0 fully saturated rings. The van der Waals surface area contributed by atoms with Crippen LogP contribution < -0.4 is 15.8 Å². The quantitative estimate of drug-likeness (QED) is 0.711. The van der Waals surface area contributed by atoms with E-state index in [0.717, 1.165) is 33.7 Å². The summed E-state index contributed by atoms with van der Waals surface area (Å²) in [6.45, 7) is 0. The average molecular weight is 265 g/mol. The zero-order valence-electron chi connectivity index (χ0n) is 11.1. The standard InChI is InChI=1S/C16H15N3O/c1-20-15-7-3-6-13-14(8-9-18-16(13)15)19-12-5-2-4-11(17)10-12/h2-10H,17H2,1H3,(H,18,19). The third-order valence-electron chi connectivity index (χ3n) is 3.12. The topological polar surface area (TPSA) is 60.2 Å². The zero-order chi connectivity index (χ0) is 13.9. The minimum absolute atomic E-state index is 0.728. The normalized spacial score (nSPS) is 10.4. The van der Waals surface area contributed by atoms with Gasteiger partial charge in [0.15, 0.2) is 0 Å². The molecular formula is C16H15N3O. The molecule has 1 heterocycles. The molecule has 0 spiro atoms. The smallest absolute Gasteiger partial charge is 0.145 e. The second-order valence-electron chi connectivity index (χ2n) is 4.47. The van der Waals surface area contributed by atoms with Crippen molar-refractivity contribution in [3.8, 4) is 5.75 Å². The Morgan fingerprint density at radius 2 is 1.95 bits per heavy atom. The maximum Gasteiger partial charge on any atom is 0.145 e. The summed E-state index contributed by atoms with van der Waals surface area (Å²) in [6.07, 6.45) is 1.76. The third-order valence-corrected chi connectivity index (χ3v) is 3.12. The Bertz CT molecular complexity index is 756. The lowest BCUT2D eigenvalue weighted by atomic mass is 10.1. The van der Waals surface area contributed by atoms with Gasteiger partial charge in [-0.25, -0.2) is 0 Å². The fraction of sp³-hybridized carbons (Fsp3) is 0.0625. The van der Waals surface area contributed by atoms with Gasteiger partial charge in [-0.05, 0) is 30.3 Å². The molecule has 0 aliphatic carbocycles. The number of aromatic nitrogens is 1. The maximum atomic E-state index is 5.80. The van der Waals surface area contributed by atoms with Crippen LogP contribution in [-0.2, 0) is 0 Å². The van der Waals surface area contributed by atoms with Crippen LogP contribution in [0, 0.1) is 0 Å². The van der Waals surface area contributed by atoms with Crippen LogP contribution in [-0.4, -0.2) is 12.1 Å². The number of methoxy groups -OCH3 is 1. The van der Waals surface area contributed by atoms with Gasteiger partial charge >= 0.3 is 0 Å². The van der Waals surface area contributed by atoms with E-state index in [1.165, 1.54) is 0 Å². The highest BCUT2D eigenvalue weighted by Crippen LogP contribution is 2.30. The molecule has 3 N–H and O–H groups in total. The summed E-state index contributed by atoms with van der Waals surface area (Å²) in [6, 6.07) is 15.5. The summed E-state index contributed by atoms with van der Waals surface area (Å²) >= 11 is 0. The van der Waals surface area contributed by atoms with Gasteiger partial charge in [0, 0.05) is 28.6 Å². The number of pyridine rings is 1. The van der Waals surface area contributed by atoms with Gasteiger partial charge in [-0.1, -0.05) is 18.2 Å². The number of nitrogen functional groups attached to an aromatic ring is 1. The molecule has 0 atom stereocenters. The zero-order valence-corrected chi connectivity index (χ0v) is 11.1. The van der Waals surface area contributed by atoms with Crippen molar-refractivity contribution >= 4 is 28.0 Å². The number of fused-ring (bicyclic) bond motifs is 1. The van der Waals surface area contributed by atoms with Gasteiger partial charge in [0.1, 0.15) is 11.3 Å². The highest BCUT2D eigenvalue weighted by Gasteiger charge is 2.06. The molecule has 0 saturated heterocycles. The molecule has 3 rings (SSSR count). The largest absolute Gasteiger partial charge is 0.494 e. The first-order chi connectivity index (χ1) is 9.78. The monoisotopic (exact) mass is 265 g/mol. The summed E-state index contributed by atoms with van der Waals surface area (Å²) in [5.74, 6) is 0.763. The Morgan fingerprint density at radius 1 is 1.10 bits per heavy atom. The molecule has 0 amide bonds. The van der Waals surface area contributed by atoms with Crippen LogP contribution in [0.3, 0.4) is 0 Å². The van der Waals surface area contributed by atoms with E-state index >= 15 is 0 Å². The number of nitrogens with two attached hydrogens (primary N) is 1. The molecule has 0 bridgehead atoms. The van der Waals surface area contributed by atoms with Gasteiger partial charge in [-0.3, -0.25) is 4.98 Å². The SMILES string of the molecule is COc1cccc2c(Nc3cccc(N)c3)ccnc12. The molecule has 2 aromatic carbocycles. The Labute approximate surface area is 117 Å². The lowest BCUT2D eigenvalue weighted by molar-refractivity contribution is 0.419. The van der Waals surface area contributed by atoms with E-state index in [4.69, 9.17) is 10.5 Å². The second kappa shape index (κ2) is 5.09. The predicted molar refractivity (Wildman–Crippen MR) is 82.4 cm³/mol. The number of hydrogen-bond donors (Lipinski definition) is 2. The molecule has 0 radical (unpaired) electrons. The van der Waals surface area contributed by atoms with Gasteiger partial charge in [0.25, 0.3) is 0 Å². The van der Waals surface area contributed by atoms with Gasteiger partial charge < -0.3 is 15.8 Å². The lowest BCUT2D eigenvalue weighted by Gasteiger charge is -2.11. The first-order valence-corrected chi connectivity index (χ1v) is 6.32. The van der Waals surface area contributed by atoms with E-state index in [9.17, 15) is 0 Å². The summed E-state index contributed by atoms with van der Waals surface area (Å²) in [7, 11) is 1.65. The summed E-state index contributed by atoms with van der Waals surface area (Å²) in [4.78, 5) is 4.38. The average Bonchev–Trinajstić information content (AvgIpc) is 2.47. The predicted octanol–water partition coefficient (Wildman–Crippen LogP) is 3.57. The Hall–Kier alpha value is -2.75. The molecular weight excluding hydrogens is 250 g/mol. The summed E-state index contributed by atoms with van der Waals surface area (Å²) < 4.78 is 5.34. The van der Waals surface area contributed by atoms with Crippen molar-refractivity contribution in [3.05, 3.63) is 54.7 Å². The van der Waals surface area contributed by atoms with Crippen LogP contribution in [0.1, 0.15) is 0 Å². The van der Waals surface area contributed by atoms with E-state index in [1.54, 1.807) is 13.3 Å². The van der Waals surface area contributed by atoms with Crippen LogP contribution in [0.15, 0.2) is 54.7 Å². The number of hydrogen-bond acceptors (Lipinski definition) is 4. The Balaban J connectivity index is 2.08. The molecule has 0 saturated carbocycles. The first kappa shape index (κ1) is 12.3. The van der Waals surface area contributed by atoms with Crippen LogP contribution >= 0.6 is 0 Å². The van der Waals surface area contributed by atoms with E-state index in [2.05, 4.69) is 10.3 Å². The van der Waals surface area contributed by atoms with Crippen molar-refractivity contribution in [1.82, 2.24) is 4.98 Å². The molecule has 3 aromatic rings. The minimum Gasteiger partial charge on any atom is -0.494 e. The Morgan fingerprint density at radius 3 is 2.75 bits per heavy atom. The van der Waals surface area contributed by atoms with Gasteiger partial charge in [0.05, 0.1) is 7.11 Å². The van der Waals surface area contributed by atoms with Gasteiger partial charge in [0.2, 0.25) is 0 Å². The summed E-state index contributed by atoms with van der Waals surface area (Å²) in [5, 5.41) is 4.37. The van der Waals surface area contributed by atoms with Crippen LogP contribution in [0.2, 0.25) is 0 Å². The number of nitrogens with zero attached hydrogens (tertiary/aromatic N) is 1. The summed E-state index contributed by atoms with van der Waals surface area (Å²) in [5.41, 5.74) is 9.28.